The molecule has 0 saturated carbocycles. The van der Waals surface area contributed by atoms with Crippen molar-refractivity contribution in [3.05, 3.63) is 72.3 Å². The van der Waals surface area contributed by atoms with Gasteiger partial charge in [0.1, 0.15) is 0 Å². The Kier molecular flexibility index (Phi) is 5.77. The first kappa shape index (κ1) is 17.6. The van der Waals surface area contributed by atoms with Gasteiger partial charge in [0, 0.05) is 10.6 Å². The molecule has 3 heteroatoms. The van der Waals surface area contributed by atoms with Gasteiger partial charge < -0.3 is 5.32 Å². The Bertz CT molecular complexity index is 875. The van der Waals surface area contributed by atoms with Crippen LogP contribution in [0.25, 0.3) is 10.8 Å². The third kappa shape index (κ3) is 4.43. The van der Waals surface area contributed by atoms with E-state index < -0.39 is 0 Å². The van der Waals surface area contributed by atoms with Crippen molar-refractivity contribution in [1.29, 1.82) is 0 Å². The second kappa shape index (κ2) is 8.21. The quantitative estimate of drug-likeness (QED) is 0.546. The molecule has 1 amide bonds. The Hall–Kier alpha value is -2.26. The van der Waals surface area contributed by atoms with Gasteiger partial charge in [0.15, 0.2) is 0 Å². The zero-order chi connectivity index (χ0) is 17.6. The van der Waals surface area contributed by atoms with Gasteiger partial charge in [-0.2, -0.15) is 0 Å². The van der Waals surface area contributed by atoms with Crippen molar-refractivity contribution in [3.63, 3.8) is 0 Å². The molecule has 0 spiro atoms. The number of fused-ring (bicyclic) bond motifs is 1. The molecule has 0 aliphatic rings. The van der Waals surface area contributed by atoms with Crippen LogP contribution in [0, 0.1) is 0 Å². The van der Waals surface area contributed by atoms with Crippen LogP contribution in [-0.2, 0) is 4.79 Å². The van der Waals surface area contributed by atoms with Crippen LogP contribution in [0.2, 0.25) is 0 Å². The third-order valence-electron chi connectivity index (χ3n) is 4.47. The Balaban J connectivity index is 1.65. The number of amides is 1. The lowest BCUT2D eigenvalue weighted by molar-refractivity contribution is -0.113. The number of thioether (sulfide) groups is 1. The molecule has 25 heavy (non-hydrogen) atoms. The summed E-state index contributed by atoms with van der Waals surface area (Å²) in [5.74, 6) is 0.881. The van der Waals surface area contributed by atoms with Crippen LogP contribution in [0.15, 0.2) is 71.6 Å². The molecule has 1 atom stereocenters. The predicted molar refractivity (Wildman–Crippen MR) is 108 cm³/mol. The van der Waals surface area contributed by atoms with E-state index in [1.165, 1.54) is 16.3 Å². The summed E-state index contributed by atoms with van der Waals surface area (Å²) < 4.78 is 0. The van der Waals surface area contributed by atoms with E-state index in [2.05, 4.69) is 55.6 Å². The van der Waals surface area contributed by atoms with Crippen molar-refractivity contribution >= 4 is 34.1 Å². The standard InChI is InChI=1S/C22H23NOS/c1-3-16(2)20-10-6-7-11-21(20)23-22(24)15-25-19-13-12-17-8-4-5-9-18(17)14-19/h4-14,16H,3,15H2,1-2H3,(H,23,24)/t16-/m1/s1. The molecule has 0 aliphatic carbocycles. The van der Waals surface area contributed by atoms with Gasteiger partial charge in [-0.15, -0.1) is 11.8 Å². The van der Waals surface area contributed by atoms with Gasteiger partial charge in [-0.3, -0.25) is 4.79 Å². The Morgan fingerprint density at radius 2 is 1.72 bits per heavy atom. The van der Waals surface area contributed by atoms with Crippen molar-refractivity contribution in [1.82, 2.24) is 0 Å². The minimum atomic E-state index is 0.0360. The molecule has 0 unspecified atom stereocenters. The Morgan fingerprint density at radius 1 is 1.00 bits per heavy atom. The van der Waals surface area contributed by atoms with Crippen LogP contribution in [0.5, 0.6) is 0 Å². The van der Waals surface area contributed by atoms with Crippen LogP contribution in [0.4, 0.5) is 5.69 Å². The number of anilines is 1. The number of hydrogen-bond donors (Lipinski definition) is 1. The predicted octanol–water partition coefficient (Wildman–Crippen LogP) is 6.08. The maximum atomic E-state index is 12.4. The van der Waals surface area contributed by atoms with Gasteiger partial charge in [0.25, 0.3) is 0 Å². The fraction of sp³-hybridized carbons (Fsp3) is 0.227. The summed E-state index contributed by atoms with van der Waals surface area (Å²) in [6.45, 7) is 4.35. The lowest BCUT2D eigenvalue weighted by atomic mass is 9.97. The van der Waals surface area contributed by atoms with Crippen molar-refractivity contribution in [2.24, 2.45) is 0 Å². The fourth-order valence-electron chi connectivity index (χ4n) is 2.85. The highest BCUT2D eigenvalue weighted by atomic mass is 32.2. The van der Waals surface area contributed by atoms with E-state index in [9.17, 15) is 4.79 Å². The zero-order valence-electron chi connectivity index (χ0n) is 14.7. The first-order valence-corrected chi connectivity index (χ1v) is 9.66. The summed E-state index contributed by atoms with van der Waals surface area (Å²) in [6.07, 6.45) is 1.05. The summed E-state index contributed by atoms with van der Waals surface area (Å²) in [5, 5.41) is 5.50. The highest BCUT2D eigenvalue weighted by molar-refractivity contribution is 8.00. The molecule has 3 aromatic rings. The molecular formula is C22H23NOS. The smallest absolute Gasteiger partial charge is 0.234 e. The molecular weight excluding hydrogens is 326 g/mol. The van der Waals surface area contributed by atoms with Gasteiger partial charge in [0.2, 0.25) is 5.91 Å². The molecule has 0 bridgehead atoms. The number of benzene rings is 3. The zero-order valence-corrected chi connectivity index (χ0v) is 15.5. The minimum absolute atomic E-state index is 0.0360. The molecule has 0 radical (unpaired) electrons. The monoisotopic (exact) mass is 349 g/mol. The van der Waals surface area contributed by atoms with Crippen molar-refractivity contribution < 1.29 is 4.79 Å². The fourth-order valence-corrected chi connectivity index (χ4v) is 3.60. The average molecular weight is 349 g/mol. The average Bonchev–Trinajstić information content (AvgIpc) is 2.66. The highest BCUT2D eigenvalue weighted by Crippen LogP contribution is 2.27. The third-order valence-corrected chi connectivity index (χ3v) is 5.46. The molecule has 0 aliphatic heterocycles. The molecule has 2 nitrogen and oxygen atoms in total. The topological polar surface area (TPSA) is 29.1 Å². The van der Waals surface area contributed by atoms with Crippen LogP contribution < -0.4 is 5.32 Å². The van der Waals surface area contributed by atoms with Crippen molar-refractivity contribution in [3.8, 4) is 0 Å². The summed E-state index contributed by atoms with van der Waals surface area (Å²) >= 11 is 1.57. The van der Waals surface area contributed by atoms with E-state index in [4.69, 9.17) is 0 Å². The van der Waals surface area contributed by atoms with E-state index in [1.54, 1.807) is 11.8 Å². The van der Waals surface area contributed by atoms with E-state index in [0.29, 0.717) is 11.7 Å². The molecule has 0 saturated heterocycles. The highest BCUT2D eigenvalue weighted by Gasteiger charge is 2.11. The minimum Gasteiger partial charge on any atom is -0.325 e. The largest absolute Gasteiger partial charge is 0.325 e. The van der Waals surface area contributed by atoms with Crippen LogP contribution in [0.3, 0.4) is 0 Å². The first-order valence-electron chi connectivity index (χ1n) is 8.67. The summed E-state index contributed by atoms with van der Waals surface area (Å²) in [4.78, 5) is 13.5. The maximum absolute atomic E-state index is 12.4. The second-order valence-corrected chi connectivity index (χ2v) is 7.29. The van der Waals surface area contributed by atoms with E-state index in [-0.39, 0.29) is 5.91 Å². The number of hydrogen-bond acceptors (Lipinski definition) is 2. The number of carbonyl (C=O) groups excluding carboxylic acids is 1. The molecule has 1 N–H and O–H groups in total. The molecule has 128 valence electrons. The summed E-state index contributed by atoms with van der Waals surface area (Å²) in [6, 6.07) is 22.7. The van der Waals surface area contributed by atoms with E-state index in [1.807, 2.05) is 30.3 Å². The van der Waals surface area contributed by atoms with Crippen LogP contribution >= 0.6 is 11.8 Å². The normalized spacial score (nSPS) is 12.1. The Labute approximate surface area is 153 Å². The number of nitrogens with one attached hydrogen (secondary N) is 1. The van der Waals surface area contributed by atoms with Crippen molar-refractivity contribution in [2.45, 2.75) is 31.1 Å². The van der Waals surface area contributed by atoms with E-state index >= 15 is 0 Å². The van der Waals surface area contributed by atoms with Gasteiger partial charge >= 0.3 is 0 Å². The molecule has 3 rings (SSSR count). The number of para-hydroxylation sites is 1. The first-order chi connectivity index (χ1) is 12.2. The molecule has 0 fully saturated rings. The SMILES string of the molecule is CC[C@@H](C)c1ccccc1NC(=O)CSc1ccc2ccccc2c1. The Morgan fingerprint density at radius 3 is 2.52 bits per heavy atom. The summed E-state index contributed by atoms with van der Waals surface area (Å²) in [5.41, 5.74) is 2.13. The van der Waals surface area contributed by atoms with Crippen LogP contribution in [-0.4, -0.2) is 11.7 Å². The second-order valence-electron chi connectivity index (χ2n) is 6.24. The number of rotatable bonds is 6. The van der Waals surface area contributed by atoms with Crippen LogP contribution in [0.1, 0.15) is 31.7 Å². The summed E-state index contributed by atoms with van der Waals surface area (Å²) in [7, 11) is 0. The lowest BCUT2D eigenvalue weighted by Crippen LogP contribution is -2.15. The molecule has 0 aromatic heterocycles. The van der Waals surface area contributed by atoms with Gasteiger partial charge in [-0.05, 0) is 46.9 Å². The number of carbonyl (C=O) groups is 1. The molecule has 0 heterocycles. The van der Waals surface area contributed by atoms with Gasteiger partial charge in [-0.1, -0.05) is 62.4 Å². The lowest BCUT2D eigenvalue weighted by Gasteiger charge is -2.15. The van der Waals surface area contributed by atoms with E-state index in [0.717, 1.165) is 17.0 Å². The van der Waals surface area contributed by atoms with Crippen molar-refractivity contribution in [2.75, 3.05) is 11.1 Å². The molecule has 3 aromatic carbocycles. The van der Waals surface area contributed by atoms with Gasteiger partial charge in [-0.25, -0.2) is 0 Å². The van der Waals surface area contributed by atoms with Gasteiger partial charge in [0.05, 0.1) is 5.75 Å². The maximum Gasteiger partial charge on any atom is 0.234 e.